The van der Waals surface area contributed by atoms with Crippen molar-refractivity contribution in [2.24, 2.45) is 0 Å². The van der Waals surface area contributed by atoms with Crippen molar-refractivity contribution in [2.45, 2.75) is 19.8 Å². The highest BCUT2D eigenvalue weighted by atomic mass is 79.9. The maximum atomic E-state index is 13.0. The van der Waals surface area contributed by atoms with Gasteiger partial charge in [0.25, 0.3) is 5.91 Å². The number of anilines is 2. The van der Waals surface area contributed by atoms with Crippen LogP contribution in [0.1, 0.15) is 28.9 Å². The third kappa shape index (κ3) is 4.32. The molecular weight excluding hydrogens is 434 g/mol. The molecule has 2 aliphatic heterocycles. The lowest BCUT2D eigenvalue weighted by Gasteiger charge is -2.35. The van der Waals surface area contributed by atoms with E-state index >= 15 is 0 Å². The number of methoxy groups -OCH3 is 1. The number of hydrogen-bond donors (Lipinski definition) is 0. The summed E-state index contributed by atoms with van der Waals surface area (Å²) in [6.45, 7) is 6.86. The monoisotopic (exact) mass is 459 g/mol. The Kier molecular flexibility index (Phi) is 5.89. The fraction of sp³-hybridized carbons (Fsp3) is 0.476. The van der Waals surface area contributed by atoms with Crippen LogP contribution in [-0.4, -0.2) is 67.2 Å². The van der Waals surface area contributed by atoms with E-state index in [1.807, 2.05) is 24.0 Å². The highest BCUT2D eigenvalue weighted by Crippen LogP contribution is 2.25. The van der Waals surface area contributed by atoms with E-state index in [1.165, 1.54) is 12.8 Å². The predicted molar refractivity (Wildman–Crippen MR) is 117 cm³/mol. The highest BCUT2D eigenvalue weighted by molar-refractivity contribution is 9.10. The maximum absolute atomic E-state index is 13.0. The fourth-order valence-electron chi connectivity index (χ4n) is 3.86. The second kappa shape index (κ2) is 8.57. The number of amides is 1. The van der Waals surface area contributed by atoms with Crippen LogP contribution >= 0.6 is 15.9 Å². The SMILES string of the molecule is COc1ccc(Br)c(C(=O)N2CCN(c3nc(C)cc(N4CCCC4)n3)CC2)c1. The average Bonchev–Trinajstić information content (AvgIpc) is 3.28. The van der Waals surface area contributed by atoms with Gasteiger partial charge in [-0.15, -0.1) is 0 Å². The summed E-state index contributed by atoms with van der Waals surface area (Å²) in [4.78, 5) is 28.9. The summed E-state index contributed by atoms with van der Waals surface area (Å²) in [6.07, 6.45) is 2.44. The van der Waals surface area contributed by atoms with Gasteiger partial charge in [-0.25, -0.2) is 4.98 Å². The van der Waals surface area contributed by atoms with E-state index in [1.54, 1.807) is 13.2 Å². The topological polar surface area (TPSA) is 61.8 Å². The smallest absolute Gasteiger partial charge is 0.255 e. The molecule has 0 radical (unpaired) electrons. The Morgan fingerprint density at radius 2 is 1.72 bits per heavy atom. The van der Waals surface area contributed by atoms with E-state index < -0.39 is 0 Å². The Bertz CT molecular complexity index is 893. The molecule has 0 aliphatic carbocycles. The van der Waals surface area contributed by atoms with Gasteiger partial charge in [-0.05, 0) is 53.9 Å². The number of halogens is 1. The summed E-state index contributed by atoms with van der Waals surface area (Å²) in [5, 5.41) is 0. The Balaban J connectivity index is 1.45. The van der Waals surface area contributed by atoms with Crippen molar-refractivity contribution in [1.29, 1.82) is 0 Å². The molecule has 154 valence electrons. The van der Waals surface area contributed by atoms with E-state index in [0.29, 0.717) is 24.4 Å². The minimum Gasteiger partial charge on any atom is -0.497 e. The van der Waals surface area contributed by atoms with Crippen molar-refractivity contribution in [3.8, 4) is 5.75 Å². The van der Waals surface area contributed by atoms with Gasteiger partial charge in [0, 0.05) is 55.5 Å². The van der Waals surface area contributed by atoms with Gasteiger partial charge in [0.2, 0.25) is 5.95 Å². The van der Waals surface area contributed by atoms with Crippen LogP contribution in [0.2, 0.25) is 0 Å². The molecule has 1 aromatic heterocycles. The number of rotatable bonds is 4. The van der Waals surface area contributed by atoms with Crippen LogP contribution in [0.25, 0.3) is 0 Å². The number of aromatic nitrogens is 2. The standard InChI is InChI=1S/C21H26BrN5O2/c1-15-13-19(25-7-3-4-8-25)24-21(23-15)27-11-9-26(10-12-27)20(28)17-14-16(29-2)5-6-18(17)22/h5-6,13-14H,3-4,7-12H2,1-2H3. The van der Waals surface area contributed by atoms with Crippen LogP contribution in [0.5, 0.6) is 5.75 Å². The van der Waals surface area contributed by atoms with Crippen LogP contribution in [0.15, 0.2) is 28.7 Å². The molecule has 1 aromatic carbocycles. The number of nitrogens with zero attached hydrogens (tertiary/aromatic N) is 5. The Labute approximate surface area is 179 Å². The van der Waals surface area contributed by atoms with Gasteiger partial charge in [0.15, 0.2) is 0 Å². The fourth-order valence-corrected chi connectivity index (χ4v) is 4.28. The van der Waals surface area contributed by atoms with Crippen LogP contribution in [0.4, 0.5) is 11.8 Å². The van der Waals surface area contributed by atoms with Gasteiger partial charge in [-0.3, -0.25) is 4.79 Å². The van der Waals surface area contributed by atoms with Crippen LogP contribution in [-0.2, 0) is 0 Å². The number of ether oxygens (including phenoxy) is 1. The first-order valence-corrected chi connectivity index (χ1v) is 10.8. The van der Waals surface area contributed by atoms with Crippen molar-refractivity contribution in [3.63, 3.8) is 0 Å². The second-order valence-corrected chi connectivity index (χ2v) is 8.34. The number of piperazine rings is 1. The molecule has 0 saturated carbocycles. The molecule has 2 saturated heterocycles. The first kappa shape index (κ1) is 19.9. The summed E-state index contributed by atoms with van der Waals surface area (Å²) in [5.74, 6) is 2.47. The molecule has 0 bridgehead atoms. The van der Waals surface area contributed by atoms with Gasteiger partial charge in [0.1, 0.15) is 11.6 Å². The summed E-state index contributed by atoms with van der Waals surface area (Å²) in [6, 6.07) is 7.54. The molecule has 2 aliphatic rings. The van der Waals surface area contributed by atoms with Crippen molar-refractivity contribution < 1.29 is 9.53 Å². The van der Waals surface area contributed by atoms with Crippen molar-refractivity contribution in [1.82, 2.24) is 14.9 Å². The Morgan fingerprint density at radius 1 is 1.00 bits per heavy atom. The summed E-state index contributed by atoms with van der Waals surface area (Å²) in [7, 11) is 1.61. The predicted octanol–water partition coefficient (Wildman–Crippen LogP) is 3.12. The van der Waals surface area contributed by atoms with E-state index in [2.05, 4.69) is 36.8 Å². The van der Waals surface area contributed by atoms with E-state index in [4.69, 9.17) is 9.72 Å². The van der Waals surface area contributed by atoms with Crippen molar-refractivity contribution in [2.75, 3.05) is 56.2 Å². The lowest BCUT2D eigenvalue weighted by molar-refractivity contribution is 0.0745. The molecular formula is C21H26BrN5O2. The third-order valence-corrected chi connectivity index (χ3v) is 6.20. The maximum Gasteiger partial charge on any atom is 0.255 e. The second-order valence-electron chi connectivity index (χ2n) is 7.49. The first-order valence-electron chi connectivity index (χ1n) is 10.0. The molecule has 7 nitrogen and oxygen atoms in total. The largest absolute Gasteiger partial charge is 0.497 e. The molecule has 4 rings (SSSR count). The molecule has 29 heavy (non-hydrogen) atoms. The van der Waals surface area contributed by atoms with E-state index in [9.17, 15) is 4.79 Å². The number of hydrogen-bond acceptors (Lipinski definition) is 6. The van der Waals surface area contributed by atoms with Crippen LogP contribution < -0.4 is 14.5 Å². The summed E-state index contributed by atoms with van der Waals surface area (Å²) in [5.41, 5.74) is 1.61. The molecule has 0 unspecified atom stereocenters. The molecule has 0 N–H and O–H groups in total. The van der Waals surface area contributed by atoms with E-state index in [0.717, 1.165) is 48.1 Å². The first-order chi connectivity index (χ1) is 14.0. The number of carbonyl (C=O) groups is 1. The van der Waals surface area contributed by atoms with Crippen LogP contribution in [0.3, 0.4) is 0 Å². The third-order valence-electron chi connectivity index (χ3n) is 5.51. The minimum absolute atomic E-state index is 0.0124. The lowest BCUT2D eigenvalue weighted by atomic mass is 10.1. The van der Waals surface area contributed by atoms with Gasteiger partial charge in [-0.1, -0.05) is 0 Å². The summed E-state index contributed by atoms with van der Waals surface area (Å²) < 4.78 is 6.05. The number of aryl methyl sites for hydroxylation is 1. The molecule has 1 amide bonds. The quantitative estimate of drug-likeness (QED) is 0.699. The van der Waals surface area contributed by atoms with Gasteiger partial charge in [0.05, 0.1) is 12.7 Å². The molecule has 3 heterocycles. The van der Waals surface area contributed by atoms with E-state index in [-0.39, 0.29) is 5.91 Å². The Morgan fingerprint density at radius 3 is 2.41 bits per heavy atom. The highest BCUT2D eigenvalue weighted by Gasteiger charge is 2.26. The number of carbonyl (C=O) groups excluding carboxylic acids is 1. The van der Waals surface area contributed by atoms with Gasteiger partial charge >= 0.3 is 0 Å². The molecule has 2 aromatic rings. The zero-order valence-electron chi connectivity index (χ0n) is 16.9. The minimum atomic E-state index is 0.0124. The van der Waals surface area contributed by atoms with Gasteiger partial charge in [-0.2, -0.15) is 4.98 Å². The molecule has 0 atom stereocenters. The van der Waals surface area contributed by atoms with Crippen LogP contribution in [0, 0.1) is 6.92 Å². The molecule has 8 heteroatoms. The van der Waals surface area contributed by atoms with Gasteiger partial charge < -0.3 is 19.4 Å². The molecule has 0 spiro atoms. The average molecular weight is 460 g/mol. The van der Waals surface area contributed by atoms with Crippen molar-refractivity contribution in [3.05, 3.63) is 40.0 Å². The zero-order chi connectivity index (χ0) is 20.4. The number of benzene rings is 1. The normalized spacial score (nSPS) is 17.0. The van der Waals surface area contributed by atoms with Crippen molar-refractivity contribution >= 4 is 33.6 Å². The zero-order valence-corrected chi connectivity index (χ0v) is 18.5. The lowest BCUT2D eigenvalue weighted by Crippen LogP contribution is -2.49. The molecule has 2 fully saturated rings. The Hall–Kier alpha value is -2.35. The summed E-state index contributed by atoms with van der Waals surface area (Å²) >= 11 is 3.49.